The quantitative estimate of drug-likeness (QED) is 0.248. The fourth-order valence-corrected chi connectivity index (χ4v) is 7.04. The molecule has 0 radical (unpaired) electrons. The first kappa shape index (κ1) is 30.7. The fraction of sp³-hybridized carbons (Fsp3) is 0.486. The van der Waals surface area contributed by atoms with Crippen molar-refractivity contribution in [2.24, 2.45) is 0 Å². The smallest absolute Gasteiger partial charge is 0.131 e. The molecule has 3 aromatic carbocycles. The number of aromatic hydroxyl groups is 3. The van der Waals surface area contributed by atoms with Gasteiger partial charge in [0.1, 0.15) is 17.2 Å². The van der Waals surface area contributed by atoms with Crippen LogP contribution < -0.4 is 0 Å². The lowest BCUT2D eigenvalue weighted by Crippen LogP contribution is -2.13. The Bertz CT molecular complexity index is 1310. The van der Waals surface area contributed by atoms with E-state index in [0.29, 0.717) is 22.3 Å². The van der Waals surface area contributed by atoms with Crippen LogP contribution in [0.3, 0.4) is 0 Å². The highest BCUT2D eigenvalue weighted by molar-refractivity contribution is 7.99. The van der Waals surface area contributed by atoms with Crippen LogP contribution in [0.25, 0.3) is 22.3 Å². The molecule has 216 valence electrons. The lowest BCUT2D eigenvalue weighted by atomic mass is 9.79. The molecule has 0 saturated carbocycles. The number of fused-ring (bicyclic) bond motifs is 8. The standard InChI is InChI=1S/C35H46O3S2/c1-33(2,3)23-13-21-19-39-11-10-12-40-20-22-14-24(34(4,5)6)16-27(31(22)37)29-18-25(35(7,8)9)17-28(32(29)38)26(15-23)30(21)36/h13-18,36-38H,10-12,19-20H2,1-9H3. The molecule has 0 aromatic heterocycles. The summed E-state index contributed by atoms with van der Waals surface area (Å²) in [6, 6.07) is 12.3. The van der Waals surface area contributed by atoms with Gasteiger partial charge in [0.2, 0.25) is 0 Å². The summed E-state index contributed by atoms with van der Waals surface area (Å²) in [6.45, 7) is 19.5. The molecule has 0 atom stereocenters. The van der Waals surface area contributed by atoms with E-state index < -0.39 is 0 Å². The Hall–Kier alpha value is -2.24. The average molecular weight is 579 g/mol. The van der Waals surface area contributed by atoms with Crippen LogP contribution in [0, 0.1) is 0 Å². The second-order valence-electron chi connectivity index (χ2n) is 14.2. The second kappa shape index (κ2) is 11.2. The van der Waals surface area contributed by atoms with Crippen LogP contribution in [-0.2, 0) is 27.8 Å². The van der Waals surface area contributed by atoms with Gasteiger partial charge in [-0.25, -0.2) is 0 Å². The third-order valence-electron chi connectivity index (χ3n) is 7.76. The first-order chi connectivity index (χ1) is 18.5. The second-order valence-corrected chi connectivity index (χ2v) is 16.4. The molecule has 0 aliphatic carbocycles. The SMILES string of the molecule is CC(C)(C)c1cc2c(O)c(c1)-c1cc(C(C)(C)C)cc(c1O)-c1cc(C(C)(C)C)cc(c1O)CSCCCSC2. The van der Waals surface area contributed by atoms with Gasteiger partial charge in [-0.1, -0.05) is 74.4 Å². The molecule has 4 rings (SSSR count). The highest BCUT2D eigenvalue weighted by Gasteiger charge is 2.27. The Labute approximate surface area is 249 Å². The van der Waals surface area contributed by atoms with E-state index in [1.54, 1.807) is 0 Å². The zero-order valence-corrected chi connectivity index (χ0v) is 27.3. The van der Waals surface area contributed by atoms with Crippen LogP contribution in [0.15, 0.2) is 36.4 Å². The number of hydrogen-bond acceptors (Lipinski definition) is 5. The van der Waals surface area contributed by atoms with E-state index in [-0.39, 0.29) is 33.5 Å². The number of rotatable bonds is 0. The van der Waals surface area contributed by atoms with Crippen molar-refractivity contribution in [2.75, 3.05) is 11.5 Å². The summed E-state index contributed by atoms with van der Waals surface area (Å²) < 4.78 is 0. The van der Waals surface area contributed by atoms with Crippen molar-refractivity contribution < 1.29 is 15.3 Å². The van der Waals surface area contributed by atoms with E-state index in [2.05, 4.69) is 74.4 Å². The van der Waals surface area contributed by atoms with Gasteiger partial charge in [-0.15, -0.1) is 0 Å². The molecule has 0 spiro atoms. The monoisotopic (exact) mass is 578 g/mol. The van der Waals surface area contributed by atoms with Crippen LogP contribution in [0.1, 0.15) is 96.6 Å². The van der Waals surface area contributed by atoms with Crippen molar-refractivity contribution >= 4 is 23.5 Å². The van der Waals surface area contributed by atoms with Gasteiger partial charge in [0, 0.05) is 44.9 Å². The van der Waals surface area contributed by atoms with Crippen molar-refractivity contribution in [1.82, 2.24) is 0 Å². The largest absolute Gasteiger partial charge is 0.507 e. The van der Waals surface area contributed by atoms with Crippen molar-refractivity contribution in [3.63, 3.8) is 0 Å². The summed E-state index contributed by atoms with van der Waals surface area (Å²) in [5, 5.41) is 35.3. The van der Waals surface area contributed by atoms with Gasteiger partial charge in [-0.3, -0.25) is 0 Å². The van der Waals surface area contributed by atoms with Gasteiger partial charge >= 0.3 is 0 Å². The van der Waals surface area contributed by atoms with Crippen LogP contribution in [0.5, 0.6) is 17.2 Å². The van der Waals surface area contributed by atoms with Gasteiger partial charge in [-0.2, -0.15) is 23.5 Å². The molecular formula is C35H46O3S2. The highest BCUT2D eigenvalue weighted by atomic mass is 32.2. The zero-order valence-electron chi connectivity index (χ0n) is 25.7. The predicted octanol–water partition coefficient (Wildman–Crippen LogP) is 9.90. The predicted molar refractivity (Wildman–Crippen MR) is 175 cm³/mol. The van der Waals surface area contributed by atoms with E-state index in [1.165, 1.54) is 0 Å². The third kappa shape index (κ3) is 6.46. The summed E-state index contributed by atoms with van der Waals surface area (Å²) in [6.07, 6.45) is 1.06. The molecule has 0 unspecified atom stereocenters. The molecule has 0 saturated heterocycles. The fourth-order valence-electron chi connectivity index (χ4n) is 4.99. The molecule has 0 amide bonds. The van der Waals surface area contributed by atoms with Gasteiger partial charge in [-0.05, 0) is 75.1 Å². The van der Waals surface area contributed by atoms with Gasteiger partial charge < -0.3 is 15.3 Å². The van der Waals surface area contributed by atoms with Crippen LogP contribution in [0.4, 0.5) is 0 Å². The van der Waals surface area contributed by atoms with Gasteiger partial charge in [0.15, 0.2) is 0 Å². The Morgan fingerprint density at radius 2 is 0.775 bits per heavy atom. The number of benzene rings is 3. The van der Waals surface area contributed by atoms with E-state index in [0.717, 1.165) is 57.2 Å². The summed E-state index contributed by atoms with van der Waals surface area (Å²) in [4.78, 5) is 0. The van der Waals surface area contributed by atoms with E-state index in [4.69, 9.17) is 0 Å². The lowest BCUT2D eigenvalue weighted by Gasteiger charge is -2.27. The van der Waals surface area contributed by atoms with Gasteiger partial charge in [0.25, 0.3) is 0 Å². The lowest BCUT2D eigenvalue weighted by molar-refractivity contribution is 0.462. The molecule has 1 aliphatic rings. The van der Waals surface area contributed by atoms with Gasteiger partial charge in [0.05, 0.1) is 0 Å². The molecule has 3 nitrogen and oxygen atoms in total. The first-order valence-corrected chi connectivity index (χ1v) is 16.6. The maximum atomic E-state index is 12.0. The molecule has 3 N–H and O–H groups in total. The van der Waals surface area contributed by atoms with E-state index in [9.17, 15) is 15.3 Å². The normalized spacial score (nSPS) is 15.2. The van der Waals surface area contributed by atoms with Crippen LogP contribution >= 0.6 is 23.5 Å². The number of thioether (sulfide) groups is 2. The summed E-state index contributed by atoms with van der Waals surface area (Å²) >= 11 is 3.67. The highest BCUT2D eigenvalue weighted by Crippen LogP contribution is 2.50. The summed E-state index contributed by atoms with van der Waals surface area (Å²) in [5.41, 5.74) is 7.06. The van der Waals surface area contributed by atoms with Crippen molar-refractivity contribution in [1.29, 1.82) is 0 Å². The molecule has 6 bridgehead atoms. The topological polar surface area (TPSA) is 60.7 Å². The molecule has 5 heteroatoms. The molecule has 40 heavy (non-hydrogen) atoms. The minimum absolute atomic E-state index is 0.0834. The van der Waals surface area contributed by atoms with E-state index >= 15 is 0 Å². The zero-order chi connectivity index (χ0) is 29.6. The maximum Gasteiger partial charge on any atom is 0.131 e. The molecule has 1 aliphatic heterocycles. The van der Waals surface area contributed by atoms with E-state index in [1.807, 2.05) is 47.8 Å². The van der Waals surface area contributed by atoms with Crippen molar-refractivity contribution in [2.45, 2.75) is 96.5 Å². The average Bonchev–Trinajstić information content (AvgIpc) is 2.83. The molecular weight excluding hydrogens is 533 g/mol. The summed E-state index contributed by atoms with van der Waals surface area (Å²) in [5.74, 6) is 3.96. The molecule has 0 fully saturated rings. The Kier molecular flexibility index (Phi) is 8.61. The Balaban J connectivity index is 2.14. The number of phenolic OH excluding ortho intramolecular Hbond substituents is 3. The molecule has 3 aromatic rings. The minimum Gasteiger partial charge on any atom is -0.507 e. The third-order valence-corrected chi connectivity index (χ3v) is 9.94. The maximum absolute atomic E-state index is 12.0. The number of phenols is 3. The molecule has 1 heterocycles. The Morgan fingerprint density at radius 3 is 1.10 bits per heavy atom. The van der Waals surface area contributed by atoms with Crippen LogP contribution in [-0.4, -0.2) is 26.8 Å². The minimum atomic E-state index is -0.218. The first-order valence-electron chi connectivity index (χ1n) is 14.2. The Morgan fingerprint density at radius 1 is 0.475 bits per heavy atom. The number of hydrogen-bond donors (Lipinski definition) is 3. The summed E-state index contributed by atoms with van der Waals surface area (Å²) in [7, 11) is 0. The van der Waals surface area contributed by atoms with Crippen molar-refractivity contribution in [3.8, 4) is 39.5 Å². The van der Waals surface area contributed by atoms with Crippen LogP contribution in [0.2, 0.25) is 0 Å². The van der Waals surface area contributed by atoms with Crippen molar-refractivity contribution in [3.05, 3.63) is 64.2 Å².